The average molecular weight is 231 g/mol. The maximum Gasteiger partial charge on any atom is 0.161 e. The average Bonchev–Trinajstić information content (AvgIpc) is 3.08. The maximum atomic E-state index is 11.7. The standard InChI is InChI=1S/C13H13NOS/c1-14-10-4-2-3-5-12(10)16-13(14)8-11(15)9-6-7-9/h2-5,8-9H,6-7H2,1H3. The van der Waals surface area contributed by atoms with Crippen molar-refractivity contribution < 1.29 is 4.79 Å². The number of allylic oxidation sites excluding steroid dienone is 1. The number of anilines is 1. The fraction of sp³-hybridized carbons (Fsp3) is 0.308. The van der Waals surface area contributed by atoms with Gasteiger partial charge in [-0.3, -0.25) is 4.79 Å². The molecular weight excluding hydrogens is 218 g/mol. The van der Waals surface area contributed by atoms with E-state index in [9.17, 15) is 4.79 Å². The van der Waals surface area contributed by atoms with Gasteiger partial charge in [-0.25, -0.2) is 0 Å². The molecule has 0 saturated heterocycles. The fourth-order valence-corrected chi connectivity index (χ4v) is 2.95. The van der Waals surface area contributed by atoms with Gasteiger partial charge in [-0.15, -0.1) is 0 Å². The van der Waals surface area contributed by atoms with Crippen molar-refractivity contribution in [2.45, 2.75) is 17.7 Å². The first-order chi connectivity index (χ1) is 7.75. The van der Waals surface area contributed by atoms with Crippen molar-refractivity contribution in [1.82, 2.24) is 0 Å². The highest BCUT2D eigenvalue weighted by atomic mass is 32.2. The zero-order valence-electron chi connectivity index (χ0n) is 9.14. The van der Waals surface area contributed by atoms with E-state index in [1.165, 1.54) is 10.6 Å². The van der Waals surface area contributed by atoms with Crippen LogP contribution in [-0.4, -0.2) is 12.8 Å². The van der Waals surface area contributed by atoms with Crippen molar-refractivity contribution in [3.8, 4) is 0 Å². The van der Waals surface area contributed by atoms with Gasteiger partial charge in [0.05, 0.1) is 10.7 Å². The summed E-state index contributed by atoms with van der Waals surface area (Å²) in [6, 6.07) is 8.25. The van der Waals surface area contributed by atoms with Gasteiger partial charge in [-0.05, 0) is 25.0 Å². The molecule has 3 rings (SSSR count). The van der Waals surface area contributed by atoms with Gasteiger partial charge in [0.2, 0.25) is 0 Å². The van der Waals surface area contributed by atoms with Crippen molar-refractivity contribution in [2.24, 2.45) is 5.92 Å². The quantitative estimate of drug-likeness (QED) is 0.730. The Morgan fingerprint density at radius 2 is 2.19 bits per heavy atom. The first-order valence-electron chi connectivity index (χ1n) is 5.52. The lowest BCUT2D eigenvalue weighted by atomic mass is 10.2. The molecule has 1 aromatic carbocycles. The molecule has 0 spiro atoms. The Bertz CT molecular complexity index is 477. The number of para-hydroxylation sites is 1. The number of nitrogens with zero attached hydrogens (tertiary/aromatic N) is 1. The molecule has 2 nitrogen and oxygen atoms in total. The fourth-order valence-electron chi connectivity index (χ4n) is 1.85. The minimum absolute atomic E-state index is 0.294. The number of thioether (sulfide) groups is 1. The predicted octanol–water partition coefficient (Wildman–Crippen LogP) is 3.05. The Kier molecular flexibility index (Phi) is 2.28. The number of carbonyl (C=O) groups is 1. The van der Waals surface area contributed by atoms with Gasteiger partial charge in [-0.1, -0.05) is 23.9 Å². The summed E-state index contributed by atoms with van der Waals surface area (Å²) in [6.07, 6.45) is 3.95. The van der Waals surface area contributed by atoms with Crippen LogP contribution < -0.4 is 4.90 Å². The Labute approximate surface area is 99.3 Å². The topological polar surface area (TPSA) is 20.3 Å². The third-order valence-electron chi connectivity index (χ3n) is 3.02. The van der Waals surface area contributed by atoms with Crippen LogP contribution in [0, 0.1) is 5.92 Å². The summed E-state index contributed by atoms with van der Waals surface area (Å²) in [6.45, 7) is 0. The predicted molar refractivity (Wildman–Crippen MR) is 66.5 cm³/mol. The number of hydrogen-bond acceptors (Lipinski definition) is 3. The summed E-state index contributed by atoms with van der Waals surface area (Å²) >= 11 is 1.68. The van der Waals surface area contributed by atoms with Crippen LogP contribution in [-0.2, 0) is 4.79 Å². The van der Waals surface area contributed by atoms with Crippen LogP contribution >= 0.6 is 11.8 Å². The van der Waals surface area contributed by atoms with Gasteiger partial charge in [0, 0.05) is 23.9 Å². The second-order valence-electron chi connectivity index (χ2n) is 4.29. The molecule has 0 bridgehead atoms. The molecule has 1 fully saturated rings. The smallest absolute Gasteiger partial charge is 0.161 e. The van der Waals surface area contributed by atoms with E-state index < -0.39 is 0 Å². The summed E-state index contributed by atoms with van der Waals surface area (Å²) in [4.78, 5) is 15.1. The summed E-state index contributed by atoms with van der Waals surface area (Å²) < 4.78 is 0. The number of ketones is 1. The van der Waals surface area contributed by atoms with Gasteiger partial charge in [0.25, 0.3) is 0 Å². The molecule has 0 radical (unpaired) electrons. The number of carbonyl (C=O) groups excluding carboxylic acids is 1. The molecule has 1 aliphatic carbocycles. The number of rotatable bonds is 2. The van der Waals surface area contributed by atoms with Crippen LogP contribution in [0.5, 0.6) is 0 Å². The lowest BCUT2D eigenvalue weighted by Gasteiger charge is -2.12. The van der Waals surface area contributed by atoms with Crippen LogP contribution in [0.4, 0.5) is 5.69 Å². The molecule has 0 unspecified atom stereocenters. The van der Waals surface area contributed by atoms with Crippen molar-refractivity contribution in [1.29, 1.82) is 0 Å². The molecule has 1 heterocycles. The number of hydrogen-bond donors (Lipinski definition) is 0. The second kappa shape index (κ2) is 3.67. The van der Waals surface area contributed by atoms with Gasteiger partial charge >= 0.3 is 0 Å². The highest BCUT2D eigenvalue weighted by Crippen LogP contribution is 2.45. The van der Waals surface area contributed by atoms with Gasteiger partial charge in [0.1, 0.15) is 0 Å². The maximum absolute atomic E-state index is 11.7. The first-order valence-corrected chi connectivity index (χ1v) is 6.33. The molecule has 0 amide bonds. The van der Waals surface area contributed by atoms with E-state index in [1.54, 1.807) is 11.8 Å². The monoisotopic (exact) mass is 231 g/mol. The molecule has 0 atom stereocenters. The van der Waals surface area contributed by atoms with Crippen LogP contribution in [0.15, 0.2) is 40.3 Å². The highest BCUT2D eigenvalue weighted by Gasteiger charge is 2.30. The highest BCUT2D eigenvalue weighted by molar-refractivity contribution is 8.03. The summed E-state index contributed by atoms with van der Waals surface area (Å²) in [5, 5.41) is 1.05. The zero-order valence-corrected chi connectivity index (χ0v) is 9.96. The second-order valence-corrected chi connectivity index (χ2v) is 5.35. The van der Waals surface area contributed by atoms with E-state index in [1.807, 2.05) is 25.3 Å². The zero-order chi connectivity index (χ0) is 11.1. The molecule has 16 heavy (non-hydrogen) atoms. The lowest BCUT2D eigenvalue weighted by Crippen LogP contribution is -2.11. The van der Waals surface area contributed by atoms with E-state index in [0.717, 1.165) is 17.9 Å². The number of benzene rings is 1. The summed E-state index contributed by atoms with van der Waals surface area (Å²) in [7, 11) is 2.02. The Morgan fingerprint density at radius 3 is 2.88 bits per heavy atom. The van der Waals surface area contributed by atoms with Gasteiger partial charge in [-0.2, -0.15) is 0 Å². The Morgan fingerprint density at radius 1 is 1.44 bits per heavy atom. The third kappa shape index (κ3) is 1.65. The van der Waals surface area contributed by atoms with Gasteiger partial charge < -0.3 is 4.90 Å². The molecule has 1 saturated carbocycles. The van der Waals surface area contributed by atoms with Crippen molar-refractivity contribution in [3.05, 3.63) is 35.4 Å². The van der Waals surface area contributed by atoms with E-state index in [0.29, 0.717) is 11.7 Å². The van der Waals surface area contributed by atoms with Crippen molar-refractivity contribution >= 4 is 23.2 Å². The van der Waals surface area contributed by atoms with E-state index in [2.05, 4.69) is 17.0 Å². The van der Waals surface area contributed by atoms with Crippen LogP contribution in [0.3, 0.4) is 0 Å². The molecule has 82 valence electrons. The van der Waals surface area contributed by atoms with E-state index >= 15 is 0 Å². The SMILES string of the molecule is CN1C(=CC(=O)C2CC2)Sc2ccccc21. The first kappa shape index (κ1) is 9.97. The largest absolute Gasteiger partial charge is 0.338 e. The molecular formula is C13H13NOS. The Balaban J connectivity index is 1.88. The van der Waals surface area contributed by atoms with Crippen LogP contribution in [0.2, 0.25) is 0 Å². The number of fused-ring (bicyclic) bond motifs is 1. The molecule has 0 aromatic heterocycles. The van der Waals surface area contributed by atoms with Crippen molar-refractivity contribution in [3.63, 3.8) is 0 Å². The summed E-state index contributed by atoms with van der Waals surface area (Å²) in [5.41, 5.74) is 1.20. The minimum atomic E-state index is 0.294. The van der Waals surface area contributed by atoms with Gasteiger partial charge in [0.15, 0.2) is 5.78 Å². The molecule has 1 aromatic rings. The molecule has 2 aliphatic rings. The van der Waals surface area contributed by atoms with Crippen LogP contribution in [0.1, 0.15) is 12.8 Å². The summed E-state index contributed by atoms with van der Waals surface area (Å²) in [5.74, 6) is 0.604. The molecule has 1 aliphatic heterocycles. The van der Waals surface area contributed by atoms with E-state index in [-0.39, 0.29) is 0 Å². The normalized spacial score (nSPS) is 21.3. The molecule has 3 heteroatoms. The van der Waals surface area contributed by atoms with Crippen molar-refractivity contribution in [2.75, 3.05) is 11.9 Å². The Hall–Kier alpha value is -1.22. The third-order valence-corrected chi connectivity index (χ3v) is 4.18. The van der Waals surface area contributed by atoms with Crippen LogP contribution in [0.25, 0.3) is 0 Å². The molecule has 0 N–H and O–H groups in total. The lowest BCUT2D eigenvalue weighted by molar-refractivity contribution is -0.115. The minimum Gasteiger partial charge on any atom is -0.338 e. The van der Waals surface area contributed by atoms with E-state index in [4.69, 9.17) is 0 Å².